The quantitative estimate of drug-likeness (QED) is 0.136. The van der Waals surface area contributed by atoms with Crippen molar-refractivity contribution in [1.82, 2.24) is 10.2 Å². The van der Waals surface area contributed by atoms with Gasteiger partial charge in [-0.2, -0.15) is 0 Å². The molecule has 0 aromatic carbocycles. The molecule has 30 heavy (non-hydrogen) atoms. The summed E-state index contributed by atoms with van der Waals surface area (Å²) < 4.78 is 10.1. The van der Waals surface area contributed by atoms with Crippen LogP contribution >= 0.6 is 11.8 Å². The van der Waals surface area contributed by atoms with Crippen molar-refractivity contribution in [3.05, 3.63) is 35.4 Å². The van der Waals surface area contributed by atoms with E-state index in [1.165, 1.54) is 31.2 Å². The van der Waals surface area contributed by atoms with Crippen LogP contribution in [0.25, 0.3) is 0 Å². The highest BCUT2D eigenvalue weighted by atomic mass is 32.2. The number of carboxylic acids is 1. The average molecular weight is 439 g/mol. The summed E-state index contributed by atoms with van der Waals surface area (Å²) in [6, 6.07) is 1.55. The Morgan fingerprint density at radius 3 is 2.87 bits per heavy atom. The fourth-order valence-corrected chi connectivity index (χ4v) is 4.22. The van der Waals surface area contributed by atoms with Crippen LogP contribution in [-0.2, 0) is 24.0 Å². The number of furan rings is 1. The minimum atomic E-state index is -1.34. The summed E-state index contributed by atoms with van der Waals surface area (Å²) in [6.45, 7) is -0.277. The molecule has 1 fully saturated rings. The molecule has 5 N–H and O–H groups in total. The molecule has 1 saturated heterocycles. The third kappa shape index (κ3) is 3.89. The predicted molar refractivity (Wildman–Crippen MR) is 101 cm³/mol. The number of β-lactam (4-membered cyclic amide) rings is 1. The van der Waals surface area contributed by atoms with Crippen LogP contribution in [0.3, 0.4) is 0 Å². The molecule has 0 aliphatic carbocycles. The topological polar surface area (TPSA) is 189 Å². The smallest absolute Gasteiger partial charge is 0.352 e. The summed E-state index contributed by atoms with van der Waals surface area (Å²) in [7, 11) is 1.26. The Morgan fingerprint density at radius 2 is 2.27 bits per heavy atom. The van der Waals surface area contributed by atoms with Crippen molar-refractivity contribution in [3.63, 3.8) is 0 Å². The third-order valence-corrected chi connectivity index (χ3v) is 5.52. The van der Waals surface area contributed by atoms with Gasteiger partial charge in [-0.15, -0.1) is 11.8 Å². The Kier molecular flexibility index (Phi) is 6.15. The second-order valence-corrected chi connectivity index (χ2v) is 7.05. The highest BCUT2D eigenvalue weighted by Crippen LogP contribution is 2.40. The first-order valence-corrected chi connectivity index (χ1v) is 9.40. The molecule has 0 saturated carbocycles. The van der Waals surface area contributed by atoms with Crippen LogP contribution in [0, 0.1) is 0 Å². The molecular weight excluding hydrogens is 422 g/mol. The summed E-state index contributed by atoms with van der Waals surface area (Å²) in [5, 5.41) is 26.2. The zero-order chi connectivity index (χ0) is 21.8. The molecular formula is C16H17N5O8S. The molecule has 0 radical (unpaired) electrons. The van der Waals surface area contributed by atoms with Crippen LogP contribution in [0.1, 0.15) is 5.76 Å². The molecule has 3 heterocycles. The van der Waals surface area contributed by atoms with Gasteiger partial charge in [-0.25, -0.2) is 4.79 Å². The van der Waals surface area contributed by atoms with Gasteiger partial charge in [0.2, 0.25) is 5.71 Å². The number of fused-ring (bicyclic) bond motifs is 1. The van der Waals surface area contributed by atoms with Gasteiger partial charge in [-0.3, -0.25) is 14.5 Å². The monoisotopic (exact) mass is 439 g/mol. The predicted octanol–water partition coefficient (Wildman–Crippen LogP) is -0.911. The molecule has 13 nitrogen and oxygen atoms in total. The molecule has 0 unspecified atom stereocenters. The molecule has 0 bridgehead atoms. The number of carbonyl (C=O) groups excluding carboxylic acids is 2. The van der Waals surface area contributed by atoms with Crippen LogP contribution in [0.4, 0.5) is 0 Å². The SMILES string of the molecule is CON=C(C(=O)N[C@@H]1C(=O)N2C(C(=O)O)=C(COC(N)=NO)CS[C@H]12)c1ccco1. The van der Waals surface area contributed by atoms with Crippen LogP contribution < -0.4 is 11.1 Å². The largest absolute Gasteiger partial charge is 0.477 e. The van der Waals surface area contributed by atoms with E-state index in [2.05, 4.69) is 20.5 Å². The molecule has 2 amide bonds. The molecule has 3 rings (SSSR count). The Hall–Kier alpha value is -3.68. The number of hydrogen-bond acceptors (Lipinski definition) is 10. The van der Waals surface area contributed by atoms with Gasteiger partial charge in [0.1, 0.15) is 30.8 Å². The van der Waals surface area contributed by atoms with E-state index >= 15 is 0 Å². The van der Waals surface area contributed by atoms with E-state index in [9.17, 15) is 19.5 Å². The van der Waals surface area contributed by atoms with Gasteiger partial charge in [0, 0.05) is 11.3 Å². The number of carbonyl (C=O) groups is 3. The lowest BCUT2D eigenvalue weighted by molar-refractivity contribution is -0.150. The molecule has 1 aromatic rings. The van der Waals surface area contributed by atoms with E-state index in [0.29, 0.717) is 0 Å². The van der Waals surface area contributed by atoms with Gasteiger partial charge in [0.25, 0.3) is 11.8 Å². The highest BCUT2D eigenvalue weighted by Gasteiger charge is 2.54. The number of ether oxygens (including phenoxy) is 1. The van der Waals surface area contributed by atoms with Crippen LogP contribution in [-0.4, -0.2) is 75.6 Å². The maximum absolute atomic E-state index is 12.6. The average Bonchev–Trinajstić information content (AvgIpc) is 3.27. The molecule has 0 spiro atoms. The number of aliphatic carboxylic acids is 1. The van der Waals surface area contributed by atoms with Gasteiger partial charge >= 0.3 is 12.0 Å². The second-order valence-electron chi connectivity index (χ2n) is 5.94. The maximum Gasteiger partial charge on any atom is 0.352 e. The summed E-state index contributed by atoms with van der Waals surface area (Å²) in [5.41, 5.74) is 5.06. The lowest BCUT2D eigenvalue weighted by atomic mass is 10.0. The van der Waals surface area contributed by atoms with E-state index in [1.54, 1.807) is 6.07 Å². The first-order valence-electron chi connectivity index (χ1n) is 8.35. The number of carboxylic acid groups (broad SMARTS) is 1. The number of rotatable bonds is 7. The third-order valence-electron chi connectivity index (χ3n) is 4.18. The second kappa shape index (κ2) is 8.77. The molecule has 2 atom stereocenters. The summed E-state index contributed by atoms with van der Waals surface area (Å²) in [4.78, 5) is 42.7. The molecule has 2 aliphatic rings. The van der Waals surface area contributed by atoms with E-state index in [1.807, 2.05) is 0 Å². The Labute approximate surface area is 173 Å². The zero-order valence-electron chi connectivity index (χ0n) is 15.5. The fraction of sp³-hybridized carbons (Fsp3) is 0.312. The lowest BCUT2D eigenvalue weighted by Gasteiger charge is -2.49. The summed E-state index contributed by atoms with van der Waals surface area (Å²) in [5.74, 6) is -2.34. The minimum Gasteiger partial charge on any atom is -0.477 e. The number of amidine groups is 1. The summed E-state index contributed by atoms with van der Waals surface area (Å²) in [6.07, 6.45) is 1.35. The maximum atomic E-state index is 12.6. The number of thioether (sulfide) groups is 1. The van der Waals surface area contributed by atoms with Crippen LogP contribution in [0.2, 0.25) is 0 Å². The fourth-order valence-electron chi connectivity index (χ4n) is 2.90. The summed E-state index contributed by atoms with van der Waals surface area (Å²) >= 11 is 1.23. The van der Waals surface area contributed by atoms with Gasteiger partial charge < -0.3 is 35.4 Å². The van der Waals surface area contributed by atoms with Crippen LogP contribution in [0.15, 0.2) is 44.4 Å². The molecule has 14 heteroatoms. The van der Waals surface area contributed by atoms with Crippen LogP contribution in [0.5, 0.6) is 0 Å². The first-order chi connectivity index (χ1) is 14.4. The Balaban J connectivity index is 1.76. The Bertz CT molecular complexity index is 941. The van der Waals surface area contributed by atoms with Gasteiger partial charge in [0.15, 0.2) is 5.76 Å². The highest BCUT2D eigenvalue weighted by molar-refractivity contribution is 8.00. The Morgan fingerprint density at radius 1 is 1.50 bits per heavy atom. The van der Waals surface area contributed by atoms with Crippen molar-refractivity contribution in [2.24, 2.45) is 16.0 Å². The van der Waals surface area contributed by atoms with Crippen molar-refractivity contribution >= 4 is 41.3 Å². The number of oxime groups is 2. The number of nitrogens with one attached hydrogen (secondary N) is 1. The van der Waals surface area contributed by atoms with E-state index in [0.717, 1.165) is 4.90 Å². The normalized spacial score (nSPS) is 21.6. The van der Waals surface area contributed by atoms with Gasteiger partial charge in [-0.05, 0) is 17.3 Å². The van der Waals surface area contributed by atoms with E-state index < -0.39 is 35.2 Å². The molecule has 2 aliphatic heterocycles. The molecule has 1 aromatic heterocycles. The number of nitrogens with zero attached hydrogens (tertiary/aromatic N) is 3. The standard InChI is InChI=1S/C16H17N5O8S/c1-27-20-9(8-3-2-4-28-8)12(22)18-10-13(23)21-11(15(24)25)7(6-30-14(10)21)5-29-16(17)19-26/h2-4,10,14,26H,5-6H2,1H3,(H2,17,19)(H,18,22)(H,24,25)/t10-,14-/m1/s1. The van der Waals surface area contributed by atoms with Crippen molar-refractivity contribution in [2.45, 2.75) is 11.4 Å². The van der Waals surface area contributed by atoms with Crippen molar-refractivity contribution in [2.75, 3.05) is 19.5 Å². The zero-order valence-corrected chi connectivity index (χ0v) is 16.3. The number of hydrogen-bond donors (Lipinski definition) is 4. The van der Waals surface area contributed by atoms with E-state index in [4.69, 9.17) is 20.1 Å². The van der Waals surface area contributed by atoms with Crippen molar-refractivity contribution in [1.29, 1.82) is 0 Å². The molecule has 160 valence electrons. The lowest BCUT2D eigenvalue weighted by Crippen LogP contribution is -2.71. The van der Waals surface area contributed by atoms with Crippen molar-refractivity contribution < 1.29 is 38.7 Å². The first kappa shape index (κ1) is 21.0. The number of amides is 2. The van der Waals surface area contributed by atoms with Crippen molar-refractivity contribution in [3.8, 4) is 0 Å². The van der Waals surface area contributed by atoms with E-state index in [-0.39, 0.29) is 35.1 Å². The van der Waals surface area contributed by atoms with Gasteiger partial charge in [0.05, 0.1) is 6.26 Å². The number of nitrogens with two attached hydrogens (primary N) is 1. The van der Waals surface area contributed by atoms with Gasteiger partial charge in [-0.1, -0.05) is 5.16 Å². The minimum absolute atomic E-state index is 0.142.